The largest absolute Gasteiger partial charge is 0.481 e. The highest BCUT2D eigenvalue weighted by molar-refractivity contribution is 7.20. The number of carbonyl (C=O) groups is 1. The normalized spacial score (nSPS) is 11.1. The number of aliphatic hydroxyl groups is 1. The molecule has 102 valence electrons. The number of fused-ring (bicyclic) bond motifs is 1. The van der Waals surface area contributed by atoms with Gasteiger partial charge >= 0.3 is 5.97 Å². The molecule has 20 heavy (non-hydrogen) atoms. The summed E-state index contributed by atoms with van der Waals surface area (Å²) in [6, 6.07) is 9.87. The first-order valence-corrected chi connectivity index (χ1v) is 6.88. The molecule has 0 spiro atoms. The molecule has 0 saturated carbocycles. The van der Waals surface area contributed by atoms with Gasteiger partial charge in [0, 0.05) is 6.20 Å². The average molecular weight is 288 g/mol. The van der Waals surface area contributed by atoms with Gasteiger partial charge < -0.3 is 10.2 Å². The van der Waals surface area contributed by atoms with Crippen molar-refractivity contribution in [1.29, 1.82) is 0 Å². The number of imidazole rings is 1. The van der Waals surface area contributed by atoms with Crippen molar-refractivity contribution in [3.05, 3.63) is 47.9 Å². The van der Waals surface area contributed by atoms with Gasteiger partial charge in [-0.05, 0) is 5.56 Å². The molecule has 0 aliphatic heterocycles. The third-order valence-corrected chi connectivity index (χ3v) is 4.07. The van der Waals surface area contributed by atoms with E-state index in [-0.39, 0.29) is 13.0 Å². The molecular weight excluding hydrogens is 276 g/mol. The van der Waals surface area contributed by atoms with E-state index >= 15 is 0 Å². The Labute approximate surface area is 118 Å². The molecule has 3 rings (SSSR count). The van der Waals surface area contributed by atoms with E-state index in [1.807, 2.05) is 36.5 Å². The van der Waals surface area contributed by atoms with Gasteiger partial charge in [-0.1, -0.05) is 41.7 Å². The zero-order valence-electron chi connectivity index (χ0n) is 10.5. The highest BCUT2D eigenvalue weighted by Gasteiger charge is 2.16. The van der Waals surface area contributed by atoms with Crippen LogP contribution in [0.1, 0.15) is 11.4 Å². The number of benzene rings is 1. The molecule has 3 aromatic rings. The van der Waals surface area contributed by atoms with Crippen LogP contribution in [-0.4, -0.2) is 25.6 Å². The molecule has 2 heterocycles. The number of carboxylic acids is 1. The van der Waals surface area contributed by atoms with Gasteiger partial charge in [0.15, 0.2) is 4.96 Å². The lowest BCUT2D eigenvalue weighted by atomic mass is 10.2. The number of hydrogen-bond acceptors (Lipinski definition) is 4. The van der Waals surface area contributed by atoms with E-state index in [1.165, 1.54) is 11.3 Å². The molecule has 2 aromatic heterocycles. The second-order valence-electron chi connectivity index (χ2n) is 4.35. The molecular formula is C14H12N2O3S. The Kier molecular flexibility index (Phi) is 3.25. The fourth-order valence-corrected chi connectivity index (χ4v) is 3.15. The van der Waals surface area contributed by atoms with Gasteiger partial charge in [-0.15, -0.1) is 0 Å². The number of carboxylic acid groups (broad SMARTS) is 1. The maximum atomic E-state index is 10.8. The van der Waals surface area contributed by atoms with Crippen molar-refractivity contribution in [2.45, 2.75) is 13.0 Å². The first kappa shape index (κ1) is 12.8. The molecule has 0 amide bonds. The maximum absolute atomic E-state index is 10.8. The van der Waals surface area contributed by atoms with Gasteiger partial charge in [0.25, 0.3) is 0 Å². The van der Waals surface area contributed by atoms with E-state index in [0.717, 1.165) is 10.4 Å². The van der Waals surface area contributed by atoms with E-state index < -0.39 is 5.97 Å². The Hall–Kier alpha value is -2.18. The monoisotopic (exact) mass is 288 g/mol. The Bertz CT molecular complexity index is 761. The number of hydrogen-bond donors (Lipinski definition) is 2. The lowest BCUT2D eigenvalue weighted by Gasteiger charge is -1.98. The second kappa shape index (κ2) is 5.07. The number of rotatable bonds is 4. The first-order chi connectivity index (χ1) is 9.69. The van der Waals surface area contributed by atoms with E-state index in [9.17, 15) is 9.90 Å². The van der Waals surface area contributed by atoms with Crippen molar-refractivity contribution >= 4 is 22.3 Å². The van der Waals surface area contributed by atoms with Crippen molar-refractivity contribution in [3.8, 4) is 10.4 Å². The Morgan fingerprint density at radius 3 is 2.70 bits per heavy atom. The summed E-state index contributed by atoms with van der Waals surface area (Å²) >= 11 is 1.48. The Morgan fingerprint density at radius 1 is 1.30 bits per heavy atom. The molecule has 0 unspecified atom stereocenters. The summed E-state index contributed by atoms with van der Waals surface area (Å²) in [5, 5.41) is 18.3. The summed E-state index contributed by atoms with van der Waals surface area (Å²) in [5.41, 5.74) is 2.04. The van der Waals surface area contributed by atoms with E-state index in [4.69, 9.17) is 5.11 Å². The van der Waals surface area contributed by atoms with Crippen LogP contribution in [0.2, 0.25) is 0 Å². The smallest absolute Gasteiger partial charge is 0.309 e. The third-order valence-electron chi connectivity index (χ3n) is 3.03. The number of aliphatic hydroxyl groups excluding tert-OH is 1. The van der Waals surface area contributed by atoms with Crippen LogP contribution in [0, 0.1) is 0 Å². The van der Waals surface area contributed by atoms with Crippen LogP contribution in [0.5, 0.6) is 0 Å². The Balaban J connectivity index is 2.09. The zero-order valence-corrected chi connectivity index (χ0v) is 11.3. The minimum atomic E-state index is -0.950. The molecule has 1 aromatic carbocycles. The van der Waals surface area contributed by atoms with Gasteiger partial charge in [-0.2, -0.15) is 0 Å². The molecule has 0 fully saturated rings. The number of nitrogens with zero attached hydrogens (tertiary/aromatic N) is 2. The molecule has 0 aliphatic rings. The lowest BCUT2D eigenvalue weighted by molar-refractivity contribution is -0.136. The van der Waals surface area contributed by atoms with Crippen molar-refractivity contribution in [2.75, 3.05) is 0 Å². The van der Waals surface area contributed by atoms with Gasteiger partial charge in [0.1, 0.15) is 0 Å². The van der Waals surface area contributed by atoms with Crippen molar-refractivity contribution in [3.63, 3.8) is 0 Å². The summed E-state index contributed by atoms with van der Waals surface area (Å²) in [6.07, 6.45) is 1.71. The van der Waals surface area contributed by atoms with E-state index in [1.54, 1.807) is 4.40 Å². The van der Waals surface area contributed by atoms with Crippen molar-refractivity contribution in [2.24, 2.45) is 0 Å². The minimum Gasteiger partial charge on any atom is -0.481 e. The van der Waals surface area contributed by atoms with Crippen LogP contribution in [0.4, 0.5) is 0 Å². The quantitative estimate of drug-likeness (QED) is 0.771. The number of aromatic nitrogens is 2. The predicted octanol–water partition coefficient (Wildman–Crippen LogP) is 2.18. The maximum Gasteiger partial charge on any atom is 0.309 e. The Morgan fingerprint density at radius 2 is 2.05 bits per heavy atom. The van der Waals surface area contributed by atoms with E-state index in [2.05, 4.69) is 4.98 Å². The van der Waals surface area contributed by atoms with Crippen LogP contribution in [-0.2, 0) is 17.8 Å². The summed E-state index contributed by atoms with van der Waals surface area (Å²) in [7, 11) is 0. The van der Waals surface area contributed by atoms with Crippen LogP contribution in [0.3, 0.4) is 0 Å². The number of thiazole rings is 1. The average Bonchev–Trinajstić information content (AvgIpc) is 2.96. The molecule has 6 heteroatoms. The fourth-order valence-electron chi connectivity index (χ4n) is 2.12. The van der Waals surface area contributed by atoms with Gasteiger partial charge in [-0.3, -0.25) is 9.20 Å². The molecule has 5 nitrogen and oxygen atoms in total. The molecule has 0 radical (unpaired) electrons. The summed E-state index contributed by atoms with van der Waals surface area (Å²) in [5.74, 6) is -0.950. The van der Waals surface area contributed by atoms with Gasteiger partial charge in [-0.25, -0.2) is 4.98 Å². The second-order valence-corrected chi connectivity index (χ2v) is 5.36. The summed E-state index contributed by atoms with van der Waals surface area (Å²) in [4.78, 5) is 16.8. The molecule has 0 bridgehead atoms. The molecule has 0 atom stereocenters. The predicted molar refractivity (Wildman–Crippen MR) is 75.8 cm³/mol. The SMILES string of the molecule is O=C(O)Cc1nc2sc(-c3ccccc3)cn2c1CO. The van der Waals surface area contributed by atoms with Gasteiger partial charge in [0.2, 0.25) is 0 Å². The molecule has 0 saturated heterocycles. The highest BCUT2D eigenvalue weighted by atomic mass is 32.1. The third kappa shape index (κ3) is 2.19. The zero-order chi connectivity index (χ0) is 14.1. The first-order valence-electron chi connectivity index (χ1n) is 6.06. The summed E-state index contributed by atoms with van der Waals surface area (Å²) < 4.78 is 1.77. The van der Waals surface area contributed by atoms with Gasteiger partial charge in [0.05, 0.1) is 29.3 Å². The van der Waals surface area contributed by atoms with E-state index in [0.29, 0.717) is 16.3 Å². The standard InChI is InChI=1S/C14H12N2O3S/c17-8-11-10(6-13(18)19)15-14-16(11)7-12(20-14)9-4-2-1-3-5-9/h1-5,7,17H,6,8H2,(H,18,19). The van der Waals surface area contributed by atoms with Crippen molar-refractivity contribution < 1.29 is 15.0 Å². The molecule has 0 aliphatic carbocycles. The van der Waals surface area contributed by atoms with Crippen LogP contribution in [0.25, 0.3) is 15.4 Å². The van der Waals surface area contributed by atoms with Crippen molar-refractivity contribution in [1.82, 2.24) is 9.38 Å². The van der Waals surface area contributed by atoms with Crippen LogP contribution in [0.15, 0.2) is 36.5 Å². The minimum absolute atomic E-state index is 0.176. The van der Waals surface area contributed by atoms with Crippen LogP contribution < -0.4 is 0 Å². The summed E-state index contributed by atoms with van der Waals surface area (Å²) in [6.45, 7) is -0.227. The lowest BCUT2D eigenvalue weighted by Crippen LogP contribution is -2.04. The molecule has 2 N–H and O–H groups in total. The van der Waals surface area contributed by atoms with Crippen LogP contribution >= 0.6 is 11.3 Å². The fraction of sp³-hybridized carbons (Fsp3) is 0.143. The highest BCUT2D eigenvalue weighted by Crippen LogP contribution is 2.30. The number of aliphatic carboxylic acids is 1. The topological polar surface area (TPSA) is 74.8 Å².